The predicted octanol–water partition coefficient (Wildman–Crippen LogP) is -0.0619. The van der Waals surface area contributed by atoms with Crippen molar-refractivity contribution in [2.24, 2.45) is 0 Å². The molecule has 0 fully saturated rings. The molecule has 0 aliphatic carbocycles. The van der Waals surface area contributed by atoms with E-state index in [1.807, 2.05) is 30.3 Å². The zero-order chi connectivity index (χ0) is 12.7. The standard InChI is InChI=1S/C12H17N3O2/c1-15(2)14-12(17)9-13-11(16)8-10-6-4-3-5-7-10/h3-7H,8-9H2,1-2H3,(H,13,16)(H,14,17). The Balaban J connectivity index is 2.29. The molecule has 17 heavy (non-hydrogen) atoms. The fourth-order valence-electron chi connectivity index (χ4n) is 1.31. The lowest BCUT2D eigenvalue weighted by Crippen LogP contribution is -2.43. The number of carbonyl (C=O) groups excluding carboxylic acids is 2. The number of carbonyl (C=O) groups is 2. The van der Waals surface area contributed by atoms with Crippen molar-refractivity contribution in [3.8, 4) is 0 Å². The zero-order valence-corrected chi connectivity index (χ0v) is 10.1. The Bertz CT molecular complexity index is 377. The van der Waals surface area contributed by atoms with Crippen LogP contribution in [0.3, 0.4) is 0 Å². The highest BCUT2D eigenvalue weighted by Gasteiger charge is 2.06. The van der Waals surface area contributed by atoms with Crippen molar-refractivity contribution in [2.75, 3.05) is 20.6 Å². The van der Waals surface area contributed by atoms with Crippen LogP contribution in [0.4, 0.5) is 0 Å². The number of hydrogen-bond acceptors (Lipinski definition) is 3. The van der Waals surface area contributed by atoms with Crippen LogP contribution in [0.15, 0.2) is 30.3 Å². The Kier molecular flexibility index (Phi) is 5.16. The van der Waals surface area contributed by atoms with E-state index < -0.39 is 0 Å². The Morgan fingerprint density at radius 1 is 1.12 bits per heavy atom. The molecule has 0 aliphatic heterocycles. The monoisotopic (exact) mass is 235 g/mol. The van der Waals surface area contributed by atoms with Gasteiger partial charge in [-0.05, 0) is 5.56 Å². The molecule has 1 aromatic carbocycles. The first kappa shape index (κ1) is 13.2. The topological polar surface area (TPSA) is 61.4 Å². The quantitative estimate of drug-likeness (QED) is 0.703. The maximum absolute atomic E-state index is 11.5. The van der Waals surface area contributed by atoms with E-state index in [1.165, 1.54) is 5.01 Å². The normalized spacial score (nSPS) is 10.1. The van der Waals surface area contributed by atoms with E-state index in [9.17, 15) is 9.59 Å². The van der Waals surface area contributed by atoms with Crippen LogP contribution in [0.5, 0.6) is 0 Å². The van der Waals surface area contributed by atoms with E-state index in [1.54, 1.807) is 14.1 Å². The number of nitrogens with one attached hydrogen (secondary N) is 2. The largest absolute Gasteiger partial charge is 0.347 e. The molecule has 92 valence electrons. The smallest absolute Gasteiger partial charge is 0.253 e. The van der Waals surface area contributed by atoms with Gasteiger partial charge in [-0.1, -0.05) is 30.3 Å². The van der Waals surface area contributed by atoms with E-state index in [0.29, 0.717) is 0 Å². The average Bonchev–Trinajstić information content (AvgIpc) is 2.27. The van der Waals surface area contributed by atoms with E-state index >= 15 is 0 Å². The number of nitrogens with zero attached hydrogens (tertiary/aromatic N) is 1. The first-order valence-electron chi connectivity index (χ1n) is 5.35. The minimum absolute atomic E-state index is 0.0101. The minimum atomic E-state index is -0.239. The van der Waals surface area contributed by atoms with E-state index in [2.05, 4.69) is 10.7 Å². The van der Waals surface area contributed by atoms with Crippen molar-refractivity contribution in [1.29, 1.82) is 0 Å². The molecule has 5 heteroatoms. The van der Waals surface area contributed by atoms with Crippen molar-refractivity contribution in [2.45, 2.75) is 6.42 Å². The van der Waals surface area contributed by atoms with Crippen molar-refractivity contribution < 1.29 is 9.59 Å². The molecule has 1 aromatic rings. The molecule has 0 heterocycles. The molecule has 0 aliphatic rings. The first-order chi connectivity index (χ1) is 8.08. The third-order valence-corrected chi connectivity index (χ3v) is 2.00. The molecule has 0 aromatic heterocycles. The van der Waals surface area contributed by atoms with Crippen LogP contribution in [-0.4, -0.2) is 37.5 Å². The van der Waals surface area contributed by atoms with Gasteiger partial charge in [0, 0.05) is 14.1 Å². The molecule has 0 spiro atoms. The van der Waals surface area contributed by atoms with E-state index in [4.69, 9.17) is 0 Å². The molecule has 0 saturated carbocycles. The summed E-state index contributed by atoms with van der Waals surface area (Å²) in [4.78, 5) is 22.7. The van der Waals surface area contributed by atoms with Gasteiger partial charge in [-0.3, -0.25) is 15.0 Å². The number of amides is 2. The Morgan fingerprint density at radius 3 is 2.35 bits per heavy atom. The number of rotatable bonds is 5. The van der Waals surface area contributed by atoms with Gasteiger partial charge in [-0.25, -0.2) is 5.01 Å². The van der Waals surface area contributed by atoms with Crippen molar-refractivity contribution in [3.05, 3.63) is 35.9 Å². The second-order valence-electron chi connectivity index (χ2n) is 3.87. The molecule has 0 bridgehead atoms. The van der Waals surface area contributed by atoms with Gasteiger partial charge in [0.05, 0.1) is 13.0 Å². The average molecular weight is 235 g/mol. The summed E-state index contributed by atoms with van der Waals surface area (Å²) in [7, 11) is 3.42. The third-order valence-electron chi connectivity index (χ3n) is 2.00. The van der Waals surface area contributed by atoms with Crippen molar-refractivity contribution in [3.63, 3.8) is 0 Å². The summed E-state index contributed by atoms with van der Waals surface area (Å²) in [5, 5.41) is 4.09. The number of hydrazine groups is 1. The van der Waals surface area contributed by atoms with Crippen LogP contribution in [0.25, 0.3) is 0 Å². The minimum Gasteiger partial charge on any atom is -0.347 e. The molecular weight excluding hydrogens is 218 g/mol. The van der Waals surface area contributed by atoms with E-state index in [0.717, 1.165) is 5.56 Å². The van der Waals surface area contributed by atoms with Gasteiger partial charge in [0.1, 0.15) is 0 Å². The van der Waals surface area contributed by atoms with Gasteiger partial charge in [-0.15, -0.1) is 0 Å². The fraction of sp³-hybridized carbons (Fsp3) is 0.333. The Hall–Kier alpha value is -1.88. The first-order valence-corrected chi connectivity index (χ1v) is 5.35. The predicted molar refractivity (Wildman–Crippen MR) is 65.0 cm³/mol. The number of benzene rings is 1. The summed E-state index contributed by atoms with van der Waals surface area (Å²) in [6, 6.07) is 9.40. The van der Waals surface area contributed by atoms with Crippen LogP contribution in [0, 0.1) is 0 Å². The summed E-state index contributed by atoms with van der Waals surface area (Å²) < 4.78 is 0. The highest BCUT2D eigenvalue weighted by molar-refractivity contribution is 5.85. The second kappa shape index (κ2) is 6.65. The summed E-state index contributed by atoms with van der Waals surface area (Å²) in [6.45, 7) is -0.0101. The van der Waals surface area contributed by atoms with Crippen LogP contribution in [-0.2, 0) is 16.0 Å². The molecule has 0 saturated heterocycles. The fourth-order valence-corrected chi connectivity index (χ4v) is 1.31. The summed E-state index contributed by atoms with van der Waals surface area (Å²) >= 11 is 0. The maximum atomic E-state index is 11.5. The lowest BCUT2D eigenvalue weighted by molar-refractivity contribution is -0.127. The molecule has 5 nitrogen and oxygen atoms in total. The Labute approximate surface area is 101 Å². The van der Waals surface area contributed by atoms with Gasteiger partial charge in [0.2, 0.25) is 5.91 Å². The van der Waals surface area contributed by atoms with Crippen molar-refractivity contribution in [1.82, 2.24) is 15.8 Å². The van der Waals surface area contributed by atoms with Crippen LogP contribution < -0.4 is 10.7 Å². The molecule has 0 unspecified atom stereocenters. The Morgan fingerprint density at radius 2 is 1.76 bits per heavy atom. The van der Waals surface area contributed by atoms with Gasteiger partial charge in [0.25, 0.3) is 5.91 Å². The SMILES string of the molecule is CN(C)NC(=O)CNC(=O)Cc1ccccc1. The molecule has 0 radical (unpaired) electrons. The maximum Gasteiger partial charge on any atom is 0.253 e. The highest BCUT2D eigenvalue weighted by atomic mass is 16.2. The lowest BCUT2D eigenvalue weighted by atomic mass is 10.1. The lowest BCUT2D eigenvalue weighted by Gasteiger charge is -2.12. The van der Waals surface area contributed by atoms with Crippen LogP contribution >= 0.6 is 0 Å². The van der Waals surface area contributed by atoms with Crippen LogP contribution in [0.1, 0.15) is 5.56 Å². The molecule has 1 rings (SSSR count). The van der Waals surface area contributed by atoms with E-state index in [-0.39, 0.29) is 24.8 Å². The van der Waals surface area contributed by atoms with Gasteiger partial charge < -0.3 is 5.32 Å². The third kappa shape index (κ3) is 5.67. The van der Waals surface area contributed by atoms with Crippen LogP contribution in [0.2, 0.25) is 0 Å². The summed E-state index contributed by atoms with van der Waals surface area (Å²) in [6.07, 6.45) is 0.288. The summed E-state index contributed by atoms with van der Waals surface area (Å²) in [5.41, 5.74) is 3.47. The zero-order valence-electron chi connectivity index (χ0n) is 10.1. The molecular formula is C12H17N3O2. The number of hydrogen-bond donors (Lipinski definition) is 2. The summed E-state index contributed by atoms with van der Waals surface area (Å²) in [5.74, 6) is -0.401. The van der Waals surface area contributed by atoms with Crippen molar-refractivity contribution >= 4 is 11.8 Å². The van der Waals surface area contributed by atoms with Gasteiger partial charge >= 0.3 is 0 Å². The highest BCUT2D eigenvalue weighted by Crippen LogP contribution is 1.98. The molecule has 2 amide bonds. The molecule has 2 N–H and O–H groups in total. The van der Waals surface area contributed by atoms with Gasteiger partial charge in [-0.2, -0.15) is 0 Å². The van der Waals surface area contributed by atoms with Gasteiger partial charge in [0.15, 0.2) is 0 Å². The molecule has 0 atom stereocenters. The second-order valence-corrected chi connectivity index (χ2v) is 3.87.